The molecule has 0 atom stereocenters. The maximum atomic E-state index is 3.58. The van der Waals surface area contributed by atoms with Crippen LogP contribution in [0.4, 0.5) is 5.69 Å². The largest absolute Gasteiger partial charge is 0.382 e. The van der Waals surface area contributed by atoms with E-state index in [-0.39, 0.29) is 0 Å². The third kappa shape index (κ3) is 2.59. The van der Waals surface area contributed by atoms with E-state index in [1.165, 1.54) is 34.9 Å². The van der Waals surface area contributed by atoms with Gasteiger partial charge in [0.25, 0.3) is 0 Å². The van der Waals surface area contributed by atoms with Crippen LogP contribution in [0, 0.1) is 3.57 Å². The molecule has 1 nitrogen and oxygen atoms in total. The minimum absolute atomic E-state index is 0.721. The number of benzene rings is 1. The second-order valence-corrected chi connectivity index (χ2v) is 4.88. The number of rotatable bonds is 2. The molecule has 0 saturated heterocycles. The van der Waals surface area contributed by atoms with E-state index in [4.69, 9.17) is 0 Å². The van der Waals surface area contributed by atoms with Crippen molar-refractivity contribution in [3.63, 3.8) is 0 Å². The molecule has 70 valence electrons. The maximum absolute atomic E-state index is 3.58. The molecule has 1 aromatic rings. The third-order valence-corrected chi connectivity index (χ3v) is 3.22. The van der Waals surface area contributed by atoms with Gasteiger partial charge in [0, 0.05) is 15.3 Å². The van der Waals surface area contributed by atoms with E-state index in [0.717, 1.165) is 6.04 Å². The highest BCUT2D eigenvalue weighted by atomic mass is 127. The lowest BCUT2D eigenvalue weighted by Crippen LogP contribution is -2.14. The Labute approximate surface area is 93.1 Å². The van der Waals surface area contributed by atoms with Crippen LogP contribution in [0.3, 0.4) is 0 Å². The Morgan fingerprint density at radius 2 is 2.00 bits per heavy atom. The van der Waals surface area contributed by atoms with Crippen molar-refractivity contribution in [3.8, 4) is 0 Å². The highest BCUT2D eigenvalue weighted by Gasteiger charge is 2.13. The summed E-state index contributed by atoms with van der Waals surface area (Å²) in [5.74, 6) is 0. The zero-order valence-electron chi connectivity index (χ0n) is 7.59. The number of halogens is 1. The van der Waals surface area contributed by atoms with Crippen molar-refractivity contribution in [1.29, 1.82) is 0 Å². The lowest BCUT2D eigenvalue weighted by atomic mass is 10.2. The van der Waals surface area contributed by atoms with E-state index < -0.39 is 0 Å². The topological polar surface area (TPSA) is 12.0 Å². The van der Waals surface area contributed by atoms with Crippen LogP contribution >= 0.6 is 22.6 Å². The molecule has 0 radical (unpaired) electrons. The molecule has 1 saturated carbocycles. The quantitative estimate of drug-likeness (QED) is 0.819. The second-order valence-electron chi connectivity index (χ2n) is 3.64. The molecule has 1 N–H and O–H groups in total. The smallest absolute Gasteiger partial charge is 0.0352 e. The summed E-state index contributed by atoms with van der Waals surface area (Å²) in [5.41, 5.74) is 1.28. The van der Waals surface area contributed by atoms with Gasteiger partial charge in [-0.2, -0.15) is 0 Å². The van der Waals surface area contributed by atoms with Crippen molar-refractivity contribution in [2.24, 2.45) is 0 Å². The Morgan fingerprint density at radius 3 is 2.69 bits per heavy atom. The fourth-order valence-corrected chi connectivity index (χ4v) is 2.43. The highest BCUT2D eigenvalue weighted by Crippen LogP contribution is 2.22. The summed E-state index contributed by atoms with van der Waals surface area (Å²) >= 11 is 2.35. The van der Waals surface area contributed by atoms with E-state index in [1.807, 2.05) is 0 Å². The van der Waals surface area contributed by atoms with Gasteiger partial charge >= 0.3 is 0 Å². The molecule has 1 fully saturated rings. The normalized spacial score (nSPS) is 17.6. The van der Waals surface area contributed by atoms with E-state index in [9.17, 15) is 0 Å². The van der Waals surface area contributed by atoms with Gasteiger partial charge in [0.05, 0.1) is 0 Å². The molecule has 1 aliphatic rings. The molecular weight excluding hydrogens is 273 g/mol. The molecule has 1 aliphatic carbocycles. The fourth-order valence-electron chi connectivity index (χ4n) is 1.88. The first kappa shape index (κ1) is 9.31. The van der Waals surface area contributed by atoms with Crippen LogP contribution in [0.5, 0.6) is 0 Å². The van der Waals surface area contributed by atoms with Crippen LogP contribution < -0.4 is 5.32 Å². The van der Waals surface area contributed by atoms with Gasteiger partial charge < -0.3 is 5.32 Å². The van der Waals surface area contributed by atoms with Crippen LogP contribution in [-0.4, -0.2) is 6.04 Å². The molecule has 0 heterocycles. The Kier molecular flexibility index (Phi) is 3.09. The van der Waals surface area contributed by atoms with Gasteiger partial charge in [-0.25, -0.2) is 0 Å². The van der Waals surface area contributed by atoms with Crippen LogP contribution in [0.25, 0.3) is 0 Å². The first-order chi connectivity index (χ1) is 6.34. The van der Waals surface area contributed by atoms with E-state index in [2.05, 4.69) is 52.2 Å². The second kappa shape index (κ2) is 4.31. The third-order valence-electron chi connectivity index (χ3n) is 2.55. The summed E-state index contributed by atoms with van der Waals surface area (Å²) in [6.45, 7) is 0. The summed E-state index contributed by atoms with van der Waals surface area (Å²) in [7, 11) is 0. The average molecular weight is 287 g/mol. The number of hydrogen-bond donors (Lipinski definition) is 1. The molecule has 0 unspecified atom stereocenters. The van der Waals surface area contributed by atoms with Gasteiger partial charge in [-0.3, -0.25) is 0 Å². The highest BCUT2D eigenvalue weighted by molar-refractivity contribution is 14.1. The molecule has 13 heavy (non-hydrogen) atoms. The minimum atomic E-state index is 0.721. The van der Waals surface area contributed by atoms with Gasteiger partial charge in [-0.15, -0.1) is 0 Å². The predicted octanol–water partition coefficient (Wildman–Crippen LogP) is 3.65. The van der Waals surface area contributed by atoms with Crippen molar-refractivity contribution in [2.45, 2.75) is 31.7 Å². The molecule has 1 aromatic carbocycles. The number of hydrogen-bond acceptors (Lipinski definition) is 1. The summed E-state index contributed by atoms with van der Waals surface area (Å²) in [4.78, 5) is 0. The van der Waals surface area contributed by atoms with Crippen molar-refractivity contribution < 1.29 is 0 Å². The minimum Gasteiger partial charge on any atom is -0.382 e. The molecule has 0 bridgehead atoms. The molecular formula is C11H14IN. The van der Waals surface area contributed by atoms with Gasteiger partial charge in [-0.05, 0) is 53.6 Å². The van der Waals surface area contributed by atoms with Crippen LogP contribution in [-0.2, 0) is 0 Å². The van der Waals surface area contributed by atoms with E-state index in [1.54, 1.807) is 0 Å². The van der Waals surface area contributed by atoms with Crippen molar-refractivity contribution in [3.05, 3.63) is 27.8 Å². The van der Waals surface area contributed by atoms with Gasteiger partial charge in [0.2, 0.25) is 0 Å². The van der Waals surface area contributed by atoms with Gasteiger partial charge in [-0.1, -0.05) is 18.9 Å². The average Bonchev–Trinajstić information content (AvgIpc) is 2.57. The molecule has 0 aromatic heterocycles. The molecule has 0 aliphatic heterocycles. The zero-order valence-corrected chi connectivity index (χ0v) is 9.75. The van der Waals surface area contributed by atoms with Gasteiger partial charge in [0.1, 0.15) is 0 Å². The Balaban J connectivity index is 2.00. The maximum Gasteiger partial charge on any atom is 0.0352 e. The number of anilines is 1. The summed E-state index contributed by atoms with van der Waals surface area (Å²) in [6.07, 6.45) is 5.46. The first-order valence-electron chi connectivity index (χ1n) is 4.87. The Morgan fingerprint density at radius 1 is 1.23 bits per heavy atom. The standard InChI is InChI=1S/C11H14IN/c12-9-4-3-7-11(8-9)13-10-5-1-2-6-10/h3-4,7-8,10,13H,1-2,5-6H2. The molecule has 0 spiro atoms. The summed E-state index contributed by atoms with van der Waals surface area (Å²) in [6, 6.07) is 9.32. The van der Waals surface area contributed by atoms with E-state index >= 15 is 0 Å². The van der Waals surface area contributed by atoms with E-state index in [0.29, 0.717) is 0 Å². The summed E-state index contributed by atoms with van der Waals surface area (Å²) < 4.78 is 1.31. The van der Waals surface area contributed by atoms with Crippen LogP contribution in [0.2, 0.25) is 0 Å². The van der Waals surface area contributed by atoms with Crippen molar-refractivity contribution >= 4 is 28.3 Å². The zero-order chi connectivity index (χ0) is 9.10. The molecule has 0 amide bonds. The SMILES string of the molecule is Ic1cccc(NC2CCCC2)c1. The van der Waals surface area contributed by atoms with Crippen molar-refractivity contribution in [2.75, 3.05) is 5.32 Å². The molecule has 2 heteroatoms. The van der Waals surface area contributed by atoms with Crippen LogP contribution in [0.1, 0.15) is 25.7 Å². The van der Waals surface area contributed by atoms with Gasteiger partial charge in [0.15, 0.2) is 0 Å². The Hall–Kier alpha value is -0.250. The Bertz CT molecular complexity index is 279. The summed E-state index contributed by atoms with van der Waals surface area (Å²) in [5, 5.41) is 3.58. The number of nitrogens with one attached hydrogen (secondary N) is 1. The van der Waals surface area contributed by atoms with Crippen LogP contribution in [0.15, 0.2) is 24.3 Å². The van der Waals surface area contributed by atoms with Crippen molar-refractivity contribution in [1.82, 2.24) is 0 Å². The lowest BCUT2D eigenvalue weighted by Gasteiger charge is -2.13. The monoisotopic (exact) mass is 287 g/mol. The predicted molar refractivity (Wildman–Crippen MR) is 65.0 cm³/mol. The first-order valence-corrected chi connectivity index (χ1v) is 5.94. The lowest BCUT2D eigenvalue weighted by molar-refractivity contribution is 0.755. The fraction of sp³-hybridized carbons (Fsp3) is 0.455. The molecule has 2 rings (SSSR count).